The maximum Gasteiger partial charge on any atom is 0.340 e. The Kier molecular flexibility index (Phi) is 3.75. The number of nitrogens with one attached hydrogen (secondary N) is 1. The van der Waals surface area contributed by atoms with Gasteiger partial charge in [0.2, 0.25) is 0 Å². The Morgan fingerprint density at radius 3 is 2.38 bits per heavy atom. The molecule has 0 fully saturated rings. The highest BCUT2D eigenvalue weighted by molar-refractivity contribution is 6.00. The monoisotopic (exact) mass is 296 g/mol. The van der Waals surface area contributed by atoms with Crippen molar-refractivity contribution in [2.75, 3.05) is 11.1 Å². The smallest absolute Gasteiger partial charge is 0.340 e. The van der Waals surface area contributed by atoms with E-state index in [1.54, 1.807) is 0 Å². The quantitative estimate of drug-likeness (QED) is 0.758. The minimum absolute atomic E-state index is 0.172. The Balaban J connectivity index is 2.58. The van der Waals surface area contributed by atoms with Gasteiger partial charge in [0.1, 0.15) is 22.9 Å². The summed E-state index contributed by atoms with van der Waals surface area (Å²) in [5.41, 5.74) is 3.61. The van der Waals surface area contributed by atoms with Crippen LogP contribution in [0.1, 0.15) is 15.9 Å². The van der Waals surface area contributed by atoms with Crippen LogP contribution in [0.2, 0.25) is 0 Å². The fourth-order valence-electron chi connectivity index (χ4n) is 1.83. The van der Waals surface area contributed by atoms with Crippen molar-refractivity contribution in [3.63, 3.8) is 0 Å². The Morgan fingerprint density at radius 1 is 1.14 bits per heavy atom. The predicted molar refractivity (Wildman–Crippen MR) is 72.1 cm³/mol. The molecule has 2 aromatic carbocycles. The second kappa shape index (κ2) is 5.35. The number of carbonyl (C=O) groups is 1. The number of hydrogen-bond donors (Lipinski definition) is 3. The van der Waals surface area contributed by atoms with E-state index in [4.69, 9.17) is 10.8 Å². The van der Waals surface area contributed by atoms with Gasteiger partial charge in [-0.2, -0.15) is 0 Å². The van der Waals surface area contributed by atoms with Gasteiger partial charge in [0.15, 0.2) is 5.82 Å². The number of anilines is 3. The Morgan fingerprint density at radius 2 is 1.76 bits per heavy atom. The van der Waals surface area contributed by atoms with Crippen molar-refractivity contribution < 1.29 is 23.1 Å². The molecule has 0 amide bonds. The van der Waals surface area contributed by atoms with E-state index in [-0.39, 0.29) is 11.3 Å². The highest BCUT2D eigenvalue weighted by atomic mass is 19.1. The lowest BCUT2D eigenvalue weighted by Gasteiger charge is -2.14. The van der Waals surface area contributed by atoms with Crippen LogP contribution >= 0.6 is 0 Å². The Hall–Kier alpha value is -2.70. The summed E-state index contributed by atoms with van der Waals surface area (Å²) in [6.07, 6.45) is 0. The molecule has 0 spiro atoms. The number of rotatable bonds is 3. The van der Waals surface area contributed by atoms with Crippen molar-refractivity contribution in [3.8, 4) is 0 Å². The van der Waals surface area contributed by atoms with Crippen molar-refractivity contribution in [3.05, 3.63) is 52.8 Å². The molecule has 0 unspecified atom stereocenters. The number of aromatic carboxylic acids is 1. The lowest BCUT2D eigenvalue weighted by atomic mass is 10.1. The third-order valence-corrected chi connectivity index (χ3v) is 2.95. The average Bonchev–Trinajstić information content (AvgIpc) is 2.42. The molecular weight excluding hydrogens is 285 g/mol. The molecule has 4 nitrogen and oxygen atoms in total. The molecule has 7 heteroatoms. The molecule has 0 heterocycles. The van der Waals surface area contributed by atoms with Crippen LogP contribution in [0.4, 0.5) is 30.2 Å². The van der Waals surface area contributed by atoms with E-state index in [1.807, 2.05) is 0 Å². The summed E-state index contributed by atoms with van der Waals surface area (Å²) in [6.45, 7) is 1.43. The van der Waals surface area contributed by atoms with Crippen molar-refractivity contribution in [1.29, 1.82) is 0 Å². The Labute approximate surface area is 118 Å². The second-order valence-electron chi connectivity index (χ2n) is 4.37. The predicted octanol–water partition coefficient (Wildman–Crippen LogP) is 3.44. The first-order chi connectivity index (χ1) is 9.82. The first-order valence-electron chi connectivity index (χ1n) is 5.85. The molecule has 0 aromatic heterocycles. The summed E-state index contributed by atoms with van der Waals surface area (Å²) in [7, 11) is 0. The lowest BCUT2D eigenvalue weighted by Crippen LogP contribution is -2.10. The molecule has 0 saturated carbocycles. The van der Waals surface area contributed by atoms with E-state index in [1.165, 1.54) is 13.0 Å². The van der Waals surface area contributed by atoms with Crippen LogP contribution < -0.4 is 11.1 Å². The van der Waals surface area contributed by atoms with Crippen LogP contribution in [0.5, 0.6) is 0 Å². The molecule has 2 rings (SSSR count). The van der Waals surface area contributed by atoms with E-state index >= 15 is 0 Å². The molecule has 21 heavy (non-hydrogen) atoms. The number of aryl methyl sites for hydroxylation is 1. The van der Waals surface area contributed by atoms with Crippen LogP contribution in [0.3, 0.4) is 0 Å². The van der Waals surface area contributed by atoms with Gasteiger partial charge in [-0.3, -0.25) is 0 Å². The molecule has 4 N–H and O–H groups in total. The molecule has 0 bridgehead atoms. The zero-order valence-corrected chi connectivity index (χ0v) is 10.9. The van der Waals surface area contributed by atoms with Gasteiger partial charge in [-0.15, -0.1) is 0 Å². The van der Waals surface area contributed by atoms with Gasteiger partial charge >= 0.3 is 5.97 Å². The summed E-state index contributed by atoms with van der Waals surface area (Å²) in [4.78, 5) is 11.1. The van der Waals surface area contributed by atoms with Gasteiger partial charge in [-0.05, 0) is 30.7 Å². The third-order valence-electron chi connectivity index (χ3n) is 2.95. The zero-order chi connectivity index (χ0) is 15.7. The molecule has 0 radical (unpaired) electrons. The van der Waals surface area contributed by atoms with E-state index in [0.29, 0.717) is 0 Å². The zero-order valence-electron chi connectivity index (χ0n) is 10.9. The van der Waals surface area contributed by atoms with Crippen molar-refractivity contribution >= 4 is 23.0 Å². The second-order valence-corrected chi connectivity index (χ2v) is 4.37. The van der Waals surface area contributed by atoms with Crippen molar-refractivity contribution in [2.24, 2.45) is 0 Å². The van der Waals surface area contributed by atoms with Crippen LogP contribution in [0.15, 0.2) is 24.3 Å². The minimum atomic E-state index is -1.51. The highest BCUT2D eigenvalue weighted by Gasteiger charge is 2.20. The molecule has 0 saturated heterocycles. The van der Waals surface area contributed by atoms with Crippen LogP contribution in [0.25, 0.3) is 0 Å². The summed E-state index contributed by atoms with van der Waals surface area (Å²) in [5.74, 6) is -4.21. The molecule has 2 aromatic rings. The number of nitrogens with two attached hydrogens (primary N) is 1. The minimum Gasteiger partial charge on any atom is -0.478 e. The maximum absolute atomic E-state index is 13.9. The number of halogens is 3. The fraction of sp³-hybridized carbons (Fsp3) is 0.0714. The molecule has 0 aliphatic rings. The van der Waals surface area contributed by atoms with Crippen molar-refractivity contribution in [1.82, 2.24) is 0 Å². The SMILES string of the molecule is Cc1ccc(F)c(Nc2ccc(F)c(N)c2C(=O)O)c1F. The first-order valence-corrected chi connectivity index (χ1v) is 5.85. The number of carboxylic acid groups (broad SMARTS) is 1. The molecule has 0 aliphatic heterocycles. The van der Waals surface area contributed by atoms with E-state index < -0.39 is 40.4 Å². The van der Waals surface area contributed by atoms with Gasteiger partial charge in [0, 0.05) is 0 Å². The van der Waals surface area contributed by atoms with Crippen LogP contribution in [-0.2, 0) is 0 Å². The van der Waals surface area contributed by atoms with Gasteiger partial charge in [0.05, 0.1) is 11.4 Å². The number of benzene rings is 2. The van der Waals surface area contributed by atoms with Gasteiger partial charge in [0.25, 0.3) is 0 Å². The van der Waals surface area contributed by atoms with Gasteiger partial charge < -0.3 is 16.2 Å². The average molecular weight is 296 g/mol. The number of hydrogen-bond acceptors (Lipinski definition) is 3. The summed E-state index contributed by atoms with van der Waals surface area (Å²) >= 11 is 0. The lowest BCUT2D eigenvalue weighted by molar-refractivity contribution is 0.0698. The van der Waals surface area contributed by atoms with E-state index in [9.17, 15) is 18.0 Å². The highest BCUT2D eigenvalue weighted by Crippen LogP contribution is 2.31. The molecule has 110 valence electrons. The van der Waals surface area contributed by atoms with E-state index in [2.05, 4.69) is 5.32 Å². The Bertz CT molecular complexity index is 733. The first kappa shape index (κ1) is 14.7. The molecule has 0 atom stereocenters. The maximum atomic E-state index is 13.9. The largest absolute Gasteiger partial charge is 0.478 e. The number of carboxylic acids is 1. The summed E-state index contributed by atoms with van der Waals surface area (Å²) in [6, 6.07) is 4.24. The molecular formula is C14H11F3N2O2. The fourth-order valence-corrected chi connectivity index (χ4v) is 1.83. The van der Waals surface area contributed by atoms with Crippen molar-refractivity contribution in [2.45, 2.75) is 6.92 Å². The van der Waals surface area contributed by atoms with Gasteiger partial charge in [-0.1, -0.05) is 6.07 Å². The van der Waals surface area contributed by atoms with Crippen LogP contribution in [-0.4, -0.2) is 11.1 Å². The standard InChI is InChI=1S/C14H11F3N2O2/c1-6-2-3-8(16)13(11(6)17)19-9-5-4-7(15)12(18)10(9)14(20)21/h2-5,19H,18H2,1H3,(H,20,21). The van der Waals surface area contributed by atoms with Gasteiger partial charge in [-0.25, -0.2) is 18.0 Å². The van der Waals surface area contributed by atoms with E-state index in [0.717, 1.165) is 18.2 Å². The topological polar surface area (TPSA) is 75.3 Å². The number of nitrogen functional groups attached to an aromatic ring is 1. The normalized spacial score (nSPS) is 10.5. The summed E-state index contributed by atoms with van der Waals surface area (Å²) < 4.78 is 40.9. The summed E-state index contributed by atoms with van der Waals surface area (Å²) in [5, 5.41) is 11.4. The van der Waals surface area contributed by atoms with Crippen LogP contribution in [0, 0.1) is 24.4 Å². The molecule has 0 aliphatic carbocycles. The third kappa shape index (κ3) is 2.62.